The molecule has 5 nitrogen and oxygen atoms in total. The number of halogens is 4. The molecule has 2 N–H and O–H groups in total. The Labute approximate surface area is 165 Å². The molecule has 1 aliphatic heterocycles. The first kappa shape index (κ1) is 20.5. The third-order valence-corrected chi connectivity index (χ3v) is 5.81. The van der Waals surface area contributed by atoms with Gasteiger partial charge in [-0.3, -0.25) is 0 Å². The van der Waals surface area contributed by atoms with Crippen molar-refractivity contribution in [2.45, 2.75) is 23.9 Å². The van der Waals surface area contributed by atoms with E-state index in [0.29, 0.717) is 30.6 Å². The number of hydrogen-bond donors (Lipinski definition) is 1. The van der Waals surface area contributed by atoms with Gasteiger partial charge in [-0.15, -0.1) is 0 Å². The first-order valence-electron chi connectivity index (χ1n) is 8.28. The maximum Gasteiger partial charge on any atom is 0.416 e. The fourth-order valence-electron chi connectivity index (χ4n) is 3.00. The molecule has 0 atom stereocenters. The number of benzene rings is 2. The van der Waals surface area contributed by atoms with E-state index < -0.39 is 21.6 Å². The zero-order valence-corrected chi connectivity index (χ0v) is 16.4. The van der Waals surface area contributed by atoms with Gasteiger partial charge in [0.1, 0.15) is 0 Å². The van der Waals surface area contributed by atoms with Crippen LogP contribution in [-0.4, -0.2) is 27.2 Å². The lowest BCUT2D eigenvalue weighted by Gasteiger charge is -2.30. The monoisotopic (exact) mass is 431 g/mol. The summed E-state index contributed by atoms with van der Waals surface area (Å²) in [5.41, 5.74) is 6.61. The van der Waals surface area contributed by atoms with Crippen LogP contribution >= 0.6 is 11.6 Å². The molecule has 0 saturated heterocycles. The summed E-state index contributed by atoms with van der Waals surface area (Å²) >= 11 is 6.10. The topological polar surface area (TPSA) is 75.8 Å². The van der Waals surface area contributed by atoms with Gasteiger partial charge in [0.15, 0.2) is 9.84 Å². The van der Waals surface area contributed by atoms with Crippen LogP contribution in [0.3, 0.4) is 0 Å². The van der Waals surface area contributed by atoms with Crippen molar-refractivity contribution in [1.82, 2.24) is 0 Å². The molecule has 0 fully saturated rings. The molecule has 150 valence electrons. The normalized spacial score (nSPS) is 15.5. The molecule has 0 bridgehead atoms. The summed E-state index contributed by atoms with van der Waals surface area (Å²) in [4.78, 5) is 5.87. The van der Waals surface area contributed by atoms with E-state index in [2.05, 4.69) is 4.99 Å². The van der Waals surface area contributed by atoms with E-state index in [0.717, 1.165) is 18.4 Å². The zero-order chi connectivity index (χ0) is 20.7. The number of nitrogens with two attached hydrogens (primary N) is 1. The van der Waals surface area contributed by atoms with Crippen LogP contribution < -0.4 is 10.6 Å². The van der Waals surface area contributed by atoms with Crippen LogP contribution in [0.25, 0.3) is 0 Å². The molecule has 0 aromatic heterocycles. The van der Waals surface area contributed by atoms with Crippen molar-refractivity contribution >= 4 is 38.8 Å². The van der Waals surface area contributed by atoms with Gasteiger partial charge in [0.2, 0.25) is 5.96 Å². The third kappa shape index (κ3) is 4.25. The van der Waals surface area contributed by atoms with Gasteiger partial charge in [-0.05, 0) is 54.8 Å². The highest BCUT2D eigenvalue weighted by Crippen LogP contribution is 2.35. The van der Waals surface area contributed by atoms with Gasteiger partial charge in [-0.25, -0.2) is 13.4 Å². The highest BCUT2D eigenvalue weighted by molar-refractivity contribution is 7.90. The van der Waals surface area contributed by atoms with Crippen molar-refractivity contribution in [1.29, 1.82) is 0 Å². The van der Waals surface area contributed by atoms with E-state index in [1.54, 1.807) is 4.90 Å². The van der Waals surface area contributed by atoms with Crippen LogP contribution in [0.5, 0.6) is 0 Å². The van der Waals surface area contributed by atoms with Gasteiger partial charge >= 0.3 is 6.18 Å². The molecule has 2 aromatic rings. The Morgan fingerprint density at radius 3 is 2.57 bits per heavy atom. The lowest BCUT2D eigenvalue weighted by molar-refractivity contribution is -0.137. The average molecular weight is 432 g/mol. The molecule has 10 heteroatoms. The molecule has 0 saturated carbocycles. The molecule has 0 amide bonds. The number of fused-ring (bicyclic) bond motifs is 1. The van der Waals surface area contributed by atoms with Gasteiger partial charge in [-0.1, -0.05) is 11.6 Å². The summed E-state index contributed by atoms with van der Waals surface area (Å²) in [5, 5.41) is 0.208. The minimum atomic E-state index is -4.42. The number of hydrogen-bond acceptors (Lipinski definition) is 3. The first-order chi connectivity index (χ1) is 13.0. The maximum absolute atomic E-state index is 13.0. The number of rotatable bonds is 2. The Kier molecular flexibility index (Phi) is 5.33. The van der Waals surface area contributed by atoms with Crippen molar-refractivity contribution in [3.8, 4) is 0 Å². The second-order valence-electron chi connectivity index (χ2n) is 6.45. The summed E-state index contributed by atoms with van der Waals surface area (Å²) in [5.74, 6) is 0.0215. The summed E-state index contributed by atoms with van der Waals surface area (Å²) in [7, 11) is -3.46. The Balaban J connectivity index is 2.00. The van der Waals surface area contributed by atoms with Crippen molar-refractivity contribution in [2.24, 2.45) is 10.7 Å². The van der Waals surface area contributed by atoms with Crippen LogP contribution in [0.15, 0.2) is 46.3 Å². The molecule has 2 aromatic carbocycles. The van der Waals surface area contributed by atoms with E-state index in [4.69, 9.17) is 17.3 Å². The van der Waals surface area contributed by atoms with Gasteiger partial charge in [-0.2, -0.15) is 13.2 Å². The molecule has 1 aliphatic rings. The summed E-state index contributed by atoms with van der Waals surface area (Å²) in [6, 6.07) is 7.57. The number of nitrogens with zero attached hydrogens (tertiary/aromatic N) is 2. The predicted octanol–water partition coefficient (Wildman–Crippen LogP) is 4.16. The molecular formula is C18H17ClF3N3O2S. The van der Waals surface area contributed by atoms with Crippen molar-refractivity contribution in [3.05, 3.63) is 52.5 Å². The van der Waals surface area contributed by atoms with E-state index in [1.807, 2.05) is 0 Å². The second kappa shape index (κ2) is 7.29. The molecule has 0 spiro atoms. The van der Waals surface area contributed by atoms with Crippen molar-refractivity contribution < 1.29 is 21.6 Å². The molecule has 3 rings (SSSR count). The van der Waals surface area contributed by atoms with Crippen LogP contribution in [-0.2, 0) is 22.4 Å². The number of aryl methyl sites for hydroxylation is 1. The average Bonchev–Trinajstić information content (AvgIpc) is 2.60. The number of anilines is 1. The first-order valence-corrected chi connectivity index (χ1v) is 10.5. The molecule has 0 aliphatic carbocycles. The molecule has 0 unspecified atom stereocenters. The third-order valence-electron chi connectivity index (χ3n) is 4.38. The number of guanidine groups is 1. The Morgan fingerprint density at radius 2 is 1.93 bits per heavy atom. The van der Waals surface area contributed by atoms with Crippen LogP contribution in [0, 0.1) is 0 Å². The lowest BCUT2D eigenvalue weighted by atomic mass is 9.99. The summed E-state index contributed by atoms with van der Waals surface area (Å²) in [6.45, 7) is 0.469. The highest BCUT2D eigenvalue weighted by atomic mass is 35.5. The second-order valence-corrected chi connectivity index (χ2v) is 8.87. The maximum atomic E-state index is 13.0. The van der Waals surface area contributed by atoms with E-state index in [1.165, 1.54) is 24.3 Å². The van der Waals surface area contributed by atoms with Gasteiger partial charge in [0.25, 0.3) is 0 Å². The standard InChI is InChI=1S/C18H17ClF3N3O2S/c1-28(26,27)13-5-6-14(19)15(10-13)24-17(23)25-8-2-3-11-9-12(18(20,21)22)4-7-16(11)25/h4-7,9-10H,2-3,8H2,1H3,(H2,23,24). The molecular weight excluding hydrogens is 415 g/mol. The Bertz CT molecular complexity index is 1050. The van der Waals surface area contributed by atoms with E-state index in [9.17, 15) is 21.6 Å². The fourth-order valence-corrected chi connectivity index (χ4v) is 3.80. The Morgan fingerprint density at radius 1 is 1.21 bits per heavy atom. The Hall–Kier alpha value is -2.26. The number of sulfone groups is 1. The smallest absolute Gasteiger partial charge is 0.369 e. The minimum absolute atomic E-state index is 0.0215. The van der Waals surface area contributed by atoms with Gasteiger partial charge in [0, 0.05) is 18.5 Å². The van der Waals surface area contributed by atoms with Crippen molar-refractivity contribution in [3.63, 3.8) is 0 Å². The van der Waals surface area contributed by atoms with Gasteiger partial charge in [0.05, 0.1) is 21.2 Å². The quantitative estimate of drug-likeness (QED) is 0.572. The van der Waals surface area contributed by atoms with E-state index >= 15 is 0 Å². The SMILES string of the molecule is CS(=O)(=O)c1ccc(Cl)c(N=C(N)N2CCCc3cc(C(F)(F)F)ccc32)c1. The molecule has 28 heavy (non-hydrogen) atoms. The summed E-state index contributed by atoms with van der Waals surface area (Å²) in [6.07, 6.45) is -2.27. The van der Waals surface area contributed by atoms with Crippen LogP contribution in [0.2, 0.25) is 5.02 Å². The lowest BCUT2D eigenvalue weighted by Crippen LogP contribution is -2.40. The fraction of sp³-hybridized carbons (Fsp3) is 0.278. The van der Waals surface area contributed by atoms with Crippen LogP contribution in [0.1, 0.15) is 17.5 Å². The molecule has 0 radical (unpaired) electrons. The molecule has 1 heterocycles. The van der Waals surface area contributed by atoms with Crippen molar-refractivity contribution in [2.75, 3.05) is 17.7 Å². The largest absolute Gasteiger partial charge is 0.416 e. The van der Waals surface area contributed by atoms with Crippen LogP contribution in [0.4, 0.5) is 24.5 Å². The minimum Gasteiger partial charge on any atom is -0.369 e. The van der Waals surface area contributed by atoms with E-state index in [-0.39, 0.29) is 21.6 Å². The zero-order valence-electron chi connectivity index (χ0n) is 14.8. The summed E-state index contributed by atoms with van der Waals surface area (Å²) < 4.78 is 62.3. The predicted molar refractivity (Wildman–Crippen MR) is 103 cm³/mol. The number of aliphatic imine (C=N–C) groups is 1. The highest BCUT2D eigenvalue weighted by Gasteiger charge is 2.32. The number of alkyl halides is 3. The van der Waals surface area contributed by atoms with Gasteiger partial charge < -0.3 is 10.6 Å².